The third kappa shape index (κ3) is 2.17. The van der Waals surface area contributed by atoms with Gasteiger partial charge in [0.05, 0.1) is 11.9 Å². The lowest BCUT2D eigenvalue weighted by Gasteiger charge is -2.03. The average molecular weight is 282 g/mol. The quantitative estimate of drug-likeness (QED) is 0.783. The van der Waals surface area contributed by atoms with Gasteiger partial charge in [-0.3, -0.25) is 4.68 Å². The summed E-state index contributed by atoms with van der Waals surface area (Å²) in [6, 6.07) is 0.950. The number of halogens is 3. The fourth-order valence-corrected chi connectivity index (χ4v) is 1.78. The van der Waals surface area contributed by atoms with Gasteiger partial charge in [0, 0.05) is 31.7 Å². The maximum Gasteiger partial charge on any atom is 0.435 e. The number of aromatic nitrogens is 5. The standard InChI is InChI=1S/C11H9F3N6/c1-19-6-7(5-16-19)17-10-8-4-9(11(12,13)14)18-20(8)3-2-15-10/h2-6H,1H3,(H,15,17). The number of rotatable bonds is 2. The molecule has 0 amide bonds. The Bertz CT molecular complexity index is 757. The highest BCUT2D eigenvalue weighted by Gasteiger charge is 2.34. The third-order valence-electron chi connectivity index (χ3n) is 2.65. The van der Waals surface area contributed by atoms with Gasteiger partial charge in [-0.2, -0.15) is 23.4 Å². The molecule has 1 N–H and O–H groups in total. The van der Waals surface area contributed by atoms with Crippen LogP contribution in [0.3, 0.4) is 0 Å². The molecule has 0 aliphatic rings. The molecule has 0 unspecified atom stereocenters. The first-order chi connectivity index (χ1) is 9.43. The number of anilines is 2. The number of aryl methyl sites for hydroxylation is 1. The zero-order valence-corrected chi connectivity index (χ0v) is 10.3. The van der Waals surface area contributed by atoms with Crippen LogP contribution in [0.15, 0.2) is 30.9 Å². The molecule has 20 heavy (non-hydrogen) atoms. The summed E-state index contributed by atoms with van der Waals surface area (Å²) in [5.74, 6) is 0.281. The Hall–Kier alpha value is -2.58. The zero-order chi connectivity index (χ0) is 14.3. The van der Waals surface area contributed by atoms with E-state index in [2.05, 4.69) is 20.5 Å². The van der Waals surface area contributed by atoms with Crippen LogP contribution in [0.1, 0.15) is 5.69 Å². The van der Waals surface area contributed by atoms with E-state index in [1.165, 1.54) is 12.4 Å². The summed E-state index contributed by atoms with van der Waals surface area (Å²) in [5.41, 5.74) is -0.0914. The van der Waals surface area contributed by atoms with Crippen molar-refractivity contribution in [3.63, 3.8) is 0 Å². The Labute approximate surface area is 110 Å². The predicted octanol–water partition coefficient (Wildman–Crippen LogP) is 2.23. The van der Waals surface area contributed by atoms with Gasteiger partial charge in [-0.05, 0) is 0 Å². The number of hydrogen-bond acceptors (Lipinski definition) is 4. The van der Waals surface area contributed by atoms with Crippen LogP contribution in [0.4, 0.5) is 24.7 Å². The van der Waals surface area contributed by atoms with Crippen molar-refractivity contribution < 1.29 is 13.2 Å². The smallest absolute Gasteiger partial charge is 0.336 e. The lowest BCUT2D eigenvalue weighted by Crippen LogP contribution is -2.05. The SMILES string of the molecule is Cn1cc(Nc2nccn3nc(C(F)(F)F)cc23)cn1. The molecule has 0 radical (unpaired) electrons. The van der Waals surface area contributed by atoms with Crippen molar-refractivity contribution in [1.29, 1.82) is 0 Å². The minimum Gasteiger partial charge on any atom is -0.336 e. The van der Waals surface area contributed by atoms with E-state index in [-0.39, 0.29) is 11.3 Å². The van der Waals surface area contributed by atoms with Gasteiger partial charge in [0.15, 0.2) is 11.5 Å². The Morgan fingerprint density at radius 1 is 1.30 bits per heavy atom. The molecule has 0 atom stereocenters. The Morgan fingerprint density at radius 2 is 2.10 bits per heavy atom. The Morgan fingerprint density at radius 3 is 2.75 bits per heavy atom. The second kappa shape index (κ2) is 4.22. The van der Waals surface area contributed by atoms with Crippen molar-refractivity contribution in [2.24, 2.45) is 7.05 Å². The van der Waals surface area contributed by atoms with E-state index in [0.717, 1.165) is 10.6 Å². The van der Waals surface area contributed by atoms with E-state index in [4.69, 9.17) is 0 Å². The summed E-state index contributed by atoms with van der Waals surface area (Å²) in [7, 11) is 1.74. The van der Waals surface area contributed by atoms with Crippen LogP contribution in [-0.4, -0.2) is 24.4 Å². The third-order valence-corrected chi connectivity index (χ3v) is 2.65. The zero-order valence-electron chi connectivity index (χ0n) is 10.3. The highest BCUT2D eigenvalue weighted by molar-refractivity contribution is 5.72. The van der Waals surface area contributed by atoms with E-state index in [0.29, 0.717) is 5.69 Å². The highest BCUT2D eigenvalue weighted by Crippen LogP contribution is 2.30. The monoisotopic (exact) mass is 282 g/mol. The average Bonchev–Trinajstić information content (AvgIpc) is 2.95. The summed E-state index contributed by atoms with van der Waals surface area (Å²) in [4.78, 5) is 4.03. The topological polar surface area (TPSA) is 60.0 Å². The minimum absolute atomic E-state index is 0.240. The predicted molar refractivity (Wildman–Crippen MR) is 64.5 cm³/mol. The van der Waals surface area contributed by atoms with E-state index < -0.39 is 11.9 Å². The number of hydrogen-bond donors (Lipinski definition) is 1. The lowest BCUT2D eigenvalue weighted by molar-refractivity contribution is -0.141. The van der Waals surface area contributed by atoms with E-state index in [1.54, 1.807) is 24.1 Å². The van der Waals surface area contributed by atoms with Crippen LogP contribution in [0.5, 0.6) is 0 Å². The molecule has 0 aromatic carbocycles. The first-order valence-electron chi connectivity index (χ1n) is 5.61. The Balaban J connectivity index is 2.05. The number of fused-ring (bicyclic) bond motifs is 1. The van der Waals surface area contributed by atoms with Crippen molar-refractivity contribution in [3.8, 4) is 0 Å². The Kier molecular flexibility index (Phi) is 2.63. The largest absolute Gasteiger partial charge is 0.435 e. The lowest BCUT2D eigenvalue weighted by atomic mass is 10.3. The molecule has 6 nitrogen and oxygen atoms in total. The molecular weight excluding hydrogens is 273 g/mol. The van der Waals surface area contributed by atoms with Crippen LogP contribution >= 0.6 is 0 Å². The van der Waals surface area contributed by atoms with Crippen molar-refractivity contribution in [1.82, 2.24) is 24.4 Å². The molecule has 0 bridgehead atoms. The minimum atomic E-state index is -4.49. The molecule has 9 heteroatoms. The second-order valence-electron chi connectivity index (χ2n) is 4.16. The van der Waals surface area contributed by atoms with Crippen LogP contribution in [0.25, 0.3) is 5.52 Å². The van der Waals surface area contributed by atoms with Gasteiger partial charge in [-0.15, -0.1) is 0 Å². The van der Waals surface area contributed by atoms with Crippen LogP contribution in [0.2, 0.25) is 0 Å². The fourth-order valence-electron chi connectivity index (χ4n) is 1.78. The first kappa shape index (κ1) is 12.5. The van der Waals surface area contributed by atoms with Gasteiger partial charge < -0.3 is 5.32 Å². The maximum absolute atomic E-state index is 12.7. The number of alkyl halides is 3. The van der Waals surface area contributed by atoms with Crippen LogP contribution < -0.4 is 5.32 Å². The number of nitrogens with zero attached hydrogens (tertiary/aromatic N) is 5. The van der Waals surface area contributed by atoms with Gasteiger partial charge in [0.2, 0.25) is 0 Å². The van der Waals surface area contributed by atoms with E-state index in [1.807, 2.05) is 0 Å². The van der Waals surface area contributed by atoms with Crippen molar-refractivity contribution in [2.75, 3.05) is 5.32 Å². The number of nitrogens with one attached hydrogen (secondary N) is 1. The normalized spacial score (nSPS) is 12.0. The summed E-state index contributed by atoms with van der Waals surface area (Å²) in [5, 5.41) is 10.4. The molecule has 0 spiro atoms. The molecule has 3 aromatic heterocycles. The molecule has 0 saturated carbocycles. The van der Waals surface area contributed by atoms with Crippen molar-refractivity contribution in [2.45, 2.75) is 6.18 Å². The van der Waals surface area contributed by atoms with Gasteiger partial charge in [0.25, 0.3) is 0 Å². The maximum atomic E-state index is 12.7. The molecule has 0 aliphatic carbocycles. The van der Waals surface area contributed by atoms with E-state index in [9.17, 15) is 13.2 Å². The van der Waals surface area contributed by atoms with Gasteiger partial charge >= 0.3 is 6.18 Å². The van der Waals surface area contributed by atoms with Crippen LogP contribution in [-0.2, 0) is 13.2 Å². The fraction of sp³-hybridized carbons (Fsp3) is 0.182. The van der Waals surface area contributed by atoms with Gasteiger partial charge in [-0.1, -0.05) is 0 Å². The molecule has 0 aliphatic heterocycles. The molecule has 3 heterocycles. The molecule has 3 aromatic rings. The second-order valence-corrected chi connectivity index (χ2v) is 4.16. The highest BCUT2D eigenvalue weighted by atomic mass is 19.4. The summed E-state index contributed by atoms with van der Waals surface area (Å²) in [6.45, 7) is 0. The van der Waals surface area contributed by atoms with Crippen LogP contribution in [0, 0.1) is 0 Å². The van der Waals surface area contributed by atoms with Gasteiger partial charge in [-0.25, -0.2) is 9.50 Å². The molecule has 0 saturated heterocycles. The molecule has 104 valence electrons. The van der Waals surface area contributed by atoms with Crippen molar-refractivity contribution in [3.05, 3.63) is 36.5 Å². The summed E-state index contributed by atoms with van der Waals surface area (Å²) < 4.78 is 40.7. The molecule has 0 fully saturated rings. The van der Waals surface area contributed by atoms with Crippen molar-refractivity contribution >= 4 is 17.0 Å². The van der Waals surface area contributed by atoms with Gasteiger partial charge in [0.1, 0.15) is 5.52 Å². The first-order valence-corrected chi connectivity index (χ1v) is 5.61. The summed E-state index contributed by atoms with van der Waals surface area (Å²) in [6.07, 6.45) is 1.48. The summed E-state index contributed by atoms with van der Waals surface area (Å²) >= 11 is 0. The molecule has 3 rings (SSSR count). The van der Waals surface area contributed by atoms with E-state index >= 15 is 0 Å². The molecular formula is C11H9F3N6.